The summed E-state index contributed by atoms with van der Waals surface area (Å²) in [5, 5.41) is 3.45. The van der Waals surface area contributed by atoms with Gasteiger partial charge in [-0.3, -0.25) is 4.90 Å². The molecule has 1 N–H and O–H groups in total. The van der Waals surface area contributed by atoms with E-state index in [0.717, 1.165) is 18.2 Å². The normalized spacial score (nSPS) is 16.6. The van der Waals surface area contributed by atoms with Gasteiger partial charge >= 0.3 is 0 Å². The van der Waals surface area contributed by atoms with Crippen LogP contribution in [-0.4, -0.2) is 38.2 Å². The summed E-state index contributed by atoms with van der Waals surface area (Å²) < 4.78 is 5.48. The van der Waals surface area contributed by atoms with Crippen molar-refractivity contribution in [1.29, 1.82) is 0 Å². The maximum atomic E-state index is 5.48. The Balaban J connectivity index is 1.96. The minimum atomic E-state index is 0.845. The van der Waals surface area contributed by atoms with Crippen molar-refractivity contribution < 1.29 is 4.74 Å². The topological polar surface area (TPSA) is 24.5 Å². The Bertz CT molecular complexity index is 388. The minimum absolute atomic E-state index is 0.845. The highest BCUT2D eigenvalue weighted by Crippen LogP contribution is 2.21. The SMILES string of the molecule is CCCN(Cc1ccccc1OC)CC1CCNCC1. The fraction of sp³-hybridized carbons (Fsp3) is 0.647. The highest BCUT2D eigenvalue weighted by atomic mass is 16.5. The lowest BCUT2D eigenvalue weighted by molar-refractivity contribution is 0.197. The standard InChI is InChI=1S/C17H28N2O/c1-3-12-19(13-15-8-10-18-11-9-15)14-16-6-4-5-7-17(16)20-2/h4-7,15,18H,3,8-14H2,1-2H3. The van der Waals surface area contributed by atoms with Crippen molar-refractivity contribution in [2.75, 3.05) is 33.3 Å². The molecule has 0 amide bonds. The smallest absolute Gasteiger partial charge is 0.123 e. The fourth-order valence-electron chi connectivity index (χ4n) is 3.06. The Labute approximate surface area is 123 Å². The Morgan fingerprint density at radius 3 is 2.70 bits per heavy atom. The van der Waals surface area contributed by atoms with Crippen LogP contribution in [0.5, 0.6) is 5.75 Å². The third-order valence-corrected chi connectivity index (χ3v) is 4.10. The van der Waals surface area contributed by atoms with Gasteiger partial charge in [-0.05, 0) is 50.9 Å². The van der Waals surface area contributed by atoms with Crippen molar-refractivity contribution in [3.05, 3.63) is 29.8 Å². The van der Waals surface area contributed by atoms with Gasteiger partial charge in [-0.25, -0.2) is 0 Å². The van der Waals surface area contributed by atoms with Gasteiger partial charge in [-0.1, -0.05) is 25.1 Å². The molecule has 1 fully saturated rings. The summed E-state index contributed by atoms with van der Waals surface area (Å²) in [4.78, 5) is 2.59. The van der Waals surface area contributed by atoms with Crippen LogP contribution in [0.3, 0.4) is 0 Å². The van der Waals surface area contributed by atoms with Crippen molar-refractivity contribution in [3.8, 4) is 5.75 Å². The van der Waals surface area contributed by atoms with Crippen LogP contribution >= 0.6 is 0 Å². The molecule has 0 saturated carbocycles. The maximum Gasteiger partial charge on any atom is 0.123 e. The zero-order valence-corrected chi connectivity index (χ0v) is 12.9. The molecule has 0 unspecified atom stereocenters. The highest BCUT2D eigenvalue weighted by Gasteiger charge is 2.17. The zero-order chi connectivity index (χ0) is 14.2. The fourth-order valence-corrected chi connectivity index (χ4v) is 3.06. The van der Waals surface area contributed by atoms with E-state index in [4.69, 9.17) is 4.74 Å². The monoisotopic (exact) mass is 276 g/mol. The van der Waals surface area contributed by atoms with Gasteiger partial charge in [0, 0.05) is 18.7 Å². The lowest BCUT2D eigenvalue weighted by Gasteiger charge is -2.30. The van der Waals surface area contributed by atoms with Gasteiger partial charge in [-0.15, -0.1) is 0 Å². The van der Waals surface area contributed by atoms with Crippen LogP contribution in [0, 0.1) is 5.92 Å². The summed E-state index contributed by atoms with van der Waals surface area (Å²) in [6.07, 6.45) is 3.83. The van der Waals surface area contributed by atoms with Crippen molar-refractivity contribution >= 4 is 0 Å². The molecule has 2 rings (SSSR count). The van der Waals surface area contributed by atoms with Gasteiger partial charge in [0.25, 0.3) is 0 Å². The van der Waals surface area contributed by atoms with E-state index in [1.165, 1.54) is 51.0 Å². The predicted molar refractivity (Wildman–Crippen MR) is 84.2 cm³/mol. The molecule has 0 spiro atoms. The third-order valence-electron chi connectivity index (χ3n) is 4.10. The van der Waals surface area contributed by atoms with Crippen molar-refractivity contribution in [2.24, 2.45) is 5.92 Å². The predicted octanol–water partition coefficient (Wildman–Crippen LogP) is 2.91. The lowest BCUT2D eigenvalue weighted by Crippen LogP contribution is -2.36. The number of rotatable bonds is 7. The average Bonchev–Trinajstić information content (AvgIpc) is 2.49. The van der Waals surface area contributed by atoms with Crippen molar-refractivity contribution in [3.63, 3.8) is 0 Å². The molecule has 0 atom stereocenters. The van der Waals surface area contributed by atoms with Crippen LogP contribution in [0.2, 0.25) is 0 Å². The largest absolute Gasteiger partial charge is 0.496 e. The Morgan fingerprint density at radius 2 is 2.00 bits per heavy atom. The number of hydrogen-bond acceptors (Lipinski definition) is 3. The zero-order valence-electron chi connectivity index (χ0n) is 12.9. The van der Waals surface area contributed by atoms with Gasteiger partial charge < -0.3 is 10.1 Å². The van der Waals surface area contributed by atoms with Gasteiger partial charge in [0.15, 0.2) is 0 Å². The van der Waals surface area contributed by atoms with Gasteiger partial charge in [0.2, 0.25) is 0 Å². The second kappa shape index (κ2) is 8.28. The maximum absolute atomic E-state index is 5.48. The summed E-state index contributed by atoms with van der Waals surface area (Å²) in [6, 6.07) is 8.39. The van der Waals surface area contributed by atoms with Crippen LogP contribution in [0.15, 0.2) is 24.3 Å². The molecule has 1 heterocycles. The molecule has 112 valence electrons. The minimum Gasteiger partial charge on any atom is -0.496 e. The number of hydrogen-bond donors (Lipinski definition) is 1. The Hall–Kier alpha value is -1.06. The second-order valence-electron chi connectivity index (χ2n) is 5.74. The van der Waals surface area contributed by atoms with E-state index in [1.54, 1.807) is 7.11 Å². The Morgan fingerprint density at radius 1 is 1.25 bits per heavy atom. The molecule has 0 aliphatic carbocycles. The number of piperidine rings is 1. The van der Waals surface area contributed by atoms with Gasteiger partial charge in [0.05, 0.1) is 7.11 Å². The molecule has 0 radical (unpaired) electrons. The summed E-state index contributed by atoms with van der Waals surface area (Å²) in [5.41, 5.74) is 1.30. The first-order valence-electron chi connectivity index (χ1n) is 7.88. The first kappa shape index (κ1) is 15.3. The first-order valence-corrected chi connectivity index (χ1v) is 7.88. The van der Waals surface area contributed by atoms with E-state index in [2.05, 4.69) is 35.3 Å². The van der Waals surface area contributed by atoms with Crippen molar-refractivity contribution in [2.45, 2.75) is 32.7 Å². The van der Waals surface area contributed by atoms with E-state index < -0.39 is 0 Å². The average molecular weight is 276 g/mol. The Kier molecular flexibility index (Phi) is 6.34. The summed E-state index contributed by atoms with van der Waals surface area (Å²) in [6.45, 7) is 8.01. The molecular formula is C17H28N2O. The van der Waals surface area contributed by atoms with Gasteiger partial charge in [0.1, 0.15) is 5.75 Å². The van der Waals surface area contributed by atoms with E-state index in [-0.39, 0.29) is 0 Å². The van der Waals surface area contributed by atoms with Crippen LogP contribution in [0.4, 0.5) is 0 Å². The number of methoxy groups -OCH3 is 1. The number of nitrogens with one attached hydrogen (secondary N) is 1. The summed E-state index contributed by atoms with van der Waals surface area (Å²) in [7, 11) is 1.76. The molecule has 0 aromatic heterocycles. The first-order chi connectivity index (χ1) is 9.83. The van der Waals surface area contributed by atoms with Crippen LogP contribution in [0.25, 0.3) is 0 Å². The third kappa shape index (κ3) is 4.50. The molecule has 3 heteroatoms. The summed E-state index contributed by atoms with van der Waals surface area (Å²) in [5.74, 6) is 1.86. The molecule has 1 aliphatic heterocycles. The van der Waals surface area contributed by atoms with E-state index in [9.17, 15) is 0 Å². The van der Waals surface area contributed by atoms with Crippen LogP contribution in [0.1, 0.15) is 31.7 Å². The summed E-state index contributed by atoms with van der Waals surface area (Å²) >= 11 is 0. The van der Waals surface area contributed by atoms with Gasteiger partial charge in [-0.2, -0.15) is 0 Å². The number of benzene rings is 1. The molecule has 0 bridgehead atoms. The van der Waals surface area contributed by atoms with Crippen LogP contribution in [-0.2, 0) is 6.54 Å². The van der Waals surface area contributed by atoms with E-state index >= 15 is 0 Å². The molecule has 3 nitrogen and oxygen atoms in total. The molecular weight excluding hydrogens is 248 g/mol. The van der Waals surface area contributed by atoms with Crippen molar-refractivity contribution in [1.82, 2.24) is 10.2 Å². The molecule has 1 aromatic carbocycles. The highest BCUT2D eigenvalue weighted by molar-refractivity contribution is 5.33. The second-order valence-corrected chi connectivity index (χ2v) is 5.74. The van der Waals surface area contributed by atoms with Crippen LogP contribution < -0.4 is 10.1 Å². The lowest BCUT2D eigenvalue weighted by atomic mass is 9.97. The number of nitrogens with zero attached hydrogens (tertiary/aromatic N) is 1. The molecule has 20 heavy (non-hydrogen) atoms. The quantitative estimate of drug-likeness (QED) is 0.829. The molecule has 1 aliphatic rings. The molecule has 1 saturated heterocycles. The van der Waals surface area contributed by atoms with E-state index in [0.29, 0.717) is 0 Å². The number of ether oxygens (including phenoxy) is 1. The molecule has 1 aromatic rings. The van der Waals surface area contributed by atoms with E-state index in [1.807, 2.05) is 6.07 Å². The number of para-hydroxylation sites is 1.